The van der Waals surface area contributed by atoms with Gasteiger partial charge < -0.3 is 29.5 Å². The first kappa shape index (κ1) is 24.1. The number of hydrogen-bond donors (Lipinski definition) is 3. The monoisotopic (exact) mass is 426 g/mol. The van der Waals surface area contributed by atoms with Gasteiger partial charge in [0, 0.05) is 0 Å². The molecular weight excluding hydrogens is 396 g/mol. The second-order valence-corrected chi connectivity index (χ2v) is 8.09. The zero-order valence-corrected chi connectivity index (χ0v) is 17.6. The van der Waals surface area contributed by atoms with Crippen molar-refractivity contribution >= 4 is 12.4 Å². The van der Waals surface area contributed by atoms with E-state index in [1.54, 1.807) is 13.8 Å². The maximum Gasteiger partial charge on any atom is 0.313 e. The molecule has 168 valence electrons. The van der Waals surface area contributed by atoms with Crippen molar-refractivity contribution in [1.29, 1.82) is 0 Å². The predicted octanol–water partition coefficient (Wildman–Crippen LogP) is 0.970. The molecule has 1 aromatic rings. The molecule has 0 bridgehead atoms. The second kappa shape index (κ2) is 10.2. The van der Waals surface area contributed by atoms with Crippen molar-refractivity contribution in [2.45, 2.75) is 71.4 Å². The predicted molar refractivity (Wildman–Crippen MR) is 104 cm³/mol. The van der Waals surface area contributed by atoms with E-state index in [1.165, 1.54) is 0 Å². The number of benzene rings is 1. The Hall–Kier alpha value is -2.20. The standard InChI is InChI=1S/C21H30O9/c1-12-6-7-13(2)14(10-12)27-9-5-8-21(3,4)20(26)30-19-17(25)15(23)16(24)18(29-19)28-11-22/h6-7,10-11,15-19,23-25H,5,8-9H2,1-4H3/t15-,16-,17?,18?,19-/m0/s1. The second-order valence-electron chi connectivity index (χ2n) is 8.09. The molecule has 0 spiro atoms. The third kappa shape index (κ3) is 5.91. The van der Waals surface area contributed by atoms with E-state index in [0.29, 0.717) is 19.4 Å². The first-order valence-electron chi connectivity index (χ1n) is 9.76. The van der Waals surface area contributed by atoms with Crippen molar-refractivity contribution in [3.63, 3.8) is 0 Å². The Balaban J connectivity index is 1.88. The Morgan fingerprint density at radius 3 is 2.47 bits per heavy atom. The summed E-state index contributed by atoms with van der Waals surface area (Å²) in [5, 5.41) is 29.6. The Morgan fingerprint density at radius 1 is 1.13 bits per heavy atom. The van der Waals surface area contributed by atoms with Crippen LogP contribution in [-0.2, 0) is 23.8 Å². The molecule has 1 aliphatic rings. The number of carbonyl (C=O) groups excluding carboxylic acids is 2. The van der Waals surface area contributed by atoms with Crippen molar-refractivity contribution in [2.24, 2.45) is 5.41 Å². The van der Waals surface area contributed by atoms with Crippen LogP contribution < -0.4 is 4.74 Å². The Labute approximate surface area is 175 Å². The van der Waals surface area contributed by atoms with Gasteiger partial charge in [-0.15, -0.1) is 0 Å². The van der Waals surface area contributed by atoms with Crippen LogP contribution in [0.4, 0.5) is 0 Å². The average molecular weight is 426 g/mol. The summed E-state index contributed by atoms with van der Waals surface area (Å²) in [7, 11) is 0. The summed E-state index contributed by atoms with van der Waals surface area (Å²) in [6.45, 7) is 7.72. The Morgan fingerprint density at radius 2 is 1.80 bits per heavy atom. The molecule has 9 nitrogen and oxygen atoms in total. The van der Waals surface area contributed by atoms with Crippen LogP contribution in [0.2, 0.25) is 0 Å². The van der Waals surface area contributed by atoms with Crippen LogP contribution in [0.15, 0.2) is 18.2 Å². The van der Waals surface area contributed by atoms with Gasteiger partial charge in [-0.1, -0.05) is 12.1 Å². The summed E-state index contributed by atoms with van der Waals surface area (Å²) in [6.07, 6.45) is -7.23. The summed E-state index contributed by atoms with van der Waals surface area (Å²) >= 11 is 0. The molecule has 3 N–H and O–H groups in total. The molecule has 1 fully saturated rings. The van der Waals surface area contributed by atoms with Crippen molar-refractivity contribution in [1.82, 2.24) is 0 Å². The lowest BCUT2D eigenvalue weighted by atomic mass is 9.88. The highest BCUT2D eigenvalue weighted by molar-refractivity contribution is 5.76. The van der Waals surface area contributed by atoms with Gasteiger partial charge in [-0.2, -0.15) is 0 Å². The van der Waals surface area contributed by atoms with E-state index in [-0.39, 0.29) is 6.47 Å². The van der Waals surface area contributed by atoms with Gasteiger partial charge in [0.2, 0.25) is 12.6 Å². The lowest BCUT2D eigenvalue weighted by Crippen LogP contribution is -2.59. The van der Waals surface area contributed by atoms with E-state index in [1.807, 2.05) is 32.0 Å². The molecule has 1 aromatic carbocycles. The van der Waals surface area contributed by atoms with E-state index >= 15 is 0 Å². The molecule has 0 aliphatic carbocycles. The van der Waals surface area contributed by atoms with Gasteiger partial charge in [0.05, 0.1) is 12.0 Å². The molecule has 0 radical (unpaired) electrons. The number of ether oxygens (including phenoxy) is 4. The highest BCUT2D eigenvalue weighted by atomic mass is 16.8. The van der Waals surface area contributed by atoms with Crippen LogP contribution in [0.25, 0.3) is 0 Å². The summed E-state index contributed by atoms with van der Waals surface area (Å²) in [4.78, 5) is 23.1. The average Bonchev–Trinajstić information content (AvgIpc) is 2.69. The van der Waals surface area contributed by atoms with Crippen molar-refractivity contribution in [3.05, 3.63) is 29.3 Å². The molecule has 2 unspecified atom stereocenters. The number of aliphatic hydroxyl groups is 3. The van der Waals surface area contributed by atoms with E-state index < -0.39 is 42.3 Å². The quantitative estimate of drug-likeness (QED) is 0.300. The zero-order chi connectivity index (χ0) is 22.5. The third-order valence-corrected chi connectivity index (χ3v) is 5.04. The highest BCUT2D eigenvalue weighted by Crippen LogP contribution is 2.29. The first-order valence-corrected chi connectivity index (χ1v) is 9.76. The first-order chi connectivity index (χ1) is 14.1. The fourth-order valence-electron chi connectivity index (χ4n) is 3.01. The number of aryl methyl sites for hydroxylation is 2. The summed E-state index contributed by atoms with van der Waals surface area (Å²) < 4.78 is 20.6. The Kier molecular flexibility index (Phi) is 8.19. The molecule has 30 heavy (non-hydrogen) atoms. The fraction of sp³-hybridized carbons (Fsp3) is 0.619. The van der Waals surface area contributed by atoms with Crippen LogP contribution in [0.1, 0.15) is 37.8 Å². The molecule has 2 rings (SSSR count). The van der Waals surface area contributed by atoms with Crippen molar-refractivity contribution in [2.75, 3.05) is 6.61 Å². The summed E-state index contributed by atoms with van der Waals surface area (Å²) in [5.74, 6) is 0.120. The van der Waals surface area contributed by atoms with E-state index in [0.717, 1.165) is 16.9 Å². The third-order valence-electron chi connectivity index (χ3n) is 5.04. The molecule has 9 heteroatoms. The van der Waals surface area contributed by atoms with Gasteiger partial charge >= 0.3 is 5.97 Å². The van der Waals surface area contributed by atoms with Crippen LogP contribution >= 0.6 is 0 Å². The molecule has 0 aromatic heterocycles. The number of hydrogen-bond acceptors (Lipinski definition) is 9. The van der Waals surface area contributed by atoms with Crippen LogP contribution in [0, 0.1) is 19.3 Å². The van der Waals surface area contributed by atoms with Crippen molar-refractivity contribution in [3.8, 4) is 5.75 Å². The molecule has 1 heterocycles. The number of rotatable bonds is 9. The maximum atomic E-state index is 12.6. The minimum absolute atomic E-state index is 0.0249. The van der Waals surface area contributed by atoms with Crippen LogP contribution in [0.5, 0.6) is 5.75 Å². The summed E-state index contributed by atoms with van der Waals surface area (Å²) in [6, 6.07) is 5.94. The smallest absolute Gasteiger partial charge is 0.313 e. The van der Waals surface area contributed by atoms with Gasteiger partial charge in [0.1, 0.15) is 24.1 Å². The summed E-state index contributed by atoms with van der Waals surface area (Å²) in [5.41, 5.74) is 1.18. The number of esters is 1. The van der Waals surface area contributed by atoms with E-state index in [2.05, 4.69) is 4.74 Å². The lowest BCUT2D eigenvalue weighted by Gasteiger charge is -2.39. The van der Waals surface area contributed by atoms with Gasteiger partial charge in [-0.3, -0.25) is 14.3 Å². The molecule has 1 aliphatic heterocycles. The number of carbonyl (C=O) groups is 2. The fourth-order valence-corrected chi connectivity index (χ4v) is 3.01. The number of aliphatic hydroxyl groups excluding tert-OH is 3. The van der Waals surface area contributed by atoms with Gasteiger partial charge in [0.15, 0.2) is 0 Å². The minimum atomic E-state index is -1.71. The van der Waals surface area contributed by atoms with Crippen LogP contribution in [0.3, 0.4) is 0 Å². The highest BCUT2D eigenvalue weighted by Gasteiger charge is 2.47. The van der Waals surface area contributed by atoms with Gasteiger partial charge in [-0.05, 0) is 57.7 Å². The molecular formula is C21H30O9. The van der Waals surface area contributed by atoms with E-state index in [9.17, 15) is 24.9 Å². The molecule has 0 saturated carbocycles. The van der Waals surface area contributed by atoms with Crippen LogP contribution in [-0.4, -0.2) is 65.3 Å². The zero-order valence-electron chi connectivity index (χ0n) is 17.6. The van der Waals surface area contributed by atoms with Gasteiger partial charge in [-0.25, -0.2) is 0 Å². The SMILES string of the molecule is Cc1ccc(C)c(OCCCC(C)(C)C(=O)O[C@@H]2OC(OC=O)[C@@H](O)[C@H](O)C2O)c1. The molecule has 0 amide bonds. The minimum Gasteiger partial charge on any atom is -0.493 e. The normalized spacial score (nSPS) is 26.7. The molecule has 1 saturated heterocycles. The molecule has 5 atom stereocenters. The van der Waals surface area contributed by atoms with Gasteiger partial charge in [0.25, 0.3) is 6.47 Å². The Bertz CT molecular complexity index is 733. The topological polar surface area (TPSA) is 132 Å². The lowest BCUT2D eigenvalue weighted by molar-refractivity contribution is -0.333. The van der Waals surface area contributed by atoms with Crippen molar-refractivity contribution < 1.29 is 43.9 Å². The van der Waals surface area contributed by atoms with E-state index in [4.69, 9.17) is 14.2 Å². The maximum absolute atomic E-state index is 12.6. The largest absolute Gasteiger partial charge is 0.493 e.